The summed E-state index contributed by atoms with van der Waals surface area (Å²) in [4.78, 5) is 10.6. The SMILES string of the molecule is CCC1CCCCC1OC(=O)C(F)(F)F. The van der Waals surface area contributed by atoms with Crippen molar-refractivity contribution >= 4 is 5.97 Å². The molecule has 0 aliphatic heterocycles. The van der Waals surface area contributed by atoms with Crippen LogP contribution in [0.15, 0.2) is 0 Å². The molecule has 1 rings (SSSR count). The molecule has 0 aromatic rings. The number of alkyl halides is 3. The quantitative estimate of drug-likeness (QED) is 0.674. The maximum Gasteiger partial charge on any atom is 0.490 e. The minimum atomic E-state index is -4.87. The first-order chi connectivity index (χ1) is 6.95. The van der Waals surface area contributed by atoms with Gasteiger partial charge in [-0.15, -0.1) is 0 Å². The molecule has 0 heterocycles. The smallest absolute Gasteiger partial charge is 0.455 e. The van der Waals surface area contributed by atoms with Crippen LogP contribution in [0.5, 0.6) is 0 Å². The molecule has 0 aromatic carbocycles. The highest BCUT2D eigenvalue weighted by molar-refractivity contribution is 5.75. The van der Waals surface area contributed by atoms with E-state index in [9.17, 15) is 18.0 Å². The topological polar surface area (TPSA) is 26.3 Å². The van der Waals surface area contributed by atoms with Crippen LogP contribution in [-0.2, 0) is 9.53 Å². The fourth-order valence-corrected chi connectivity index (χ4v) is 2.00. The summed E-state index contributed by atoms with van der Waals surface area (Å²) in [5.74, 6) is -1.96. The molecule has 2 unspecified atom stereocenters. The molecule has 0 aromatic heterocycles. The van der Waals surface area contributed by atoms with E-state index in [0.29, 0.717) is 6.42 Å². The summed E-state index contributed by atoms with van der Waals surface area (Å²) >= 11 is 0. The Balaban J connectivity index is 2.52. The Labute approximate surface area is 86.8 Å². The lowest BCUT2D eigenvalue weighted by Crippen LogP contribution is -2.35. The normalized spacial score (nSPS) is 27.5. The van der Waals surface area contributed by atoms with Crippen molar-refractivity contribution in [3.05, 3.63) is 0 Å². The number of carbonyl (C=O) groups is 1. The van der Waals surface area contributed by atoms with Crippen molar-refractivity contribution in [1.82, 2.24) is 0 Å². The highest BCUT2D eigenvalue weighted by atomic mass is 19.4. The average molecular weight is 224 g/mol. The maximum absolute atomic E-state index is 12.0. The minimum absolute atomic E-state index is 0.0880. The Morgan fingerprint density at radius 2 is 1.93 bits per heavy atom. The molecule has 1 aliphatic rings. The molecule has 0 bridgehead atoms. The molecule has 2 atom stereocenters. The molecule has 88 valence electrons. The van der Waals surface area contributed by atoms with Gasteiger partial charge in [0.25, 0.3) is 0 Å². The Morgan fingerprint density at radius 3 is 2.47 bits per heavy atom. The van der Waals surface area contributed by atoms with Crippen LogP contribution in [0.3, 0.4) is 0 Å². The number of hydrogen-bond acceptors (Lipinski definition) is 2. The molecule has 0 N–H and O–H groups in total. The van der Waals surface area contributed by atoms with Crippen molar-refractivity contribution in [1.29, 1.82) is 0 Å². The highest BCUT2D eigenvalue weighted by Gasteiger charge is 2.43. The van der Waals surface area contributed by atoms with E-state index in [1.165, 1.54) is 0 Å². The molecule has 0 saturated heterocycles. The second-order valence-corrected chi connectivity index (χ2v) is 3.89. The van der Waals surface area contributed by atoms with Gasteiger partial charge in [-0.25, -0.2) is 4.79 Å². The van der Waals surface area contributed by atoms with Gasteiger partial charge in [-0.05, 0) is 31.6 Å². The van der Waals surface area contributed by atoms with Crippen LogP contribution in [0.4, 0.5) is 13.2 Å². The van der Waals surface area contributed by atoms with Gasteiger partial charge in [-0.1, -0.05) is 13.3 Å². The molecule has 0 radical (unpaired) electrons. The minimum Gasteiger partial charge on any atom is -0.455 e. The van der Waals surface area contributed by atoms with E-state index < -0.39 is 18.2 Å². The van der Waals surface area contributed by atoms with Gasteiger partial charge >= 0.3 is 12.1 Å². The van der Waals surface area contributed by atoms with E-state index >= 15 is 0 Å². The molecular weight excluding hydrogens is 209 g/mol. The Hall–Kier alpha value is -0.740. The van der Waals surface area contributed by atoms with E-state index in [-0.39, 0.29) is 5.92 Å². The van der Waals surface area contributed by atoms with Gasteiger partial charge in [-0.3, -0.25) is 0 Å². The first kappa shape index (κ1) is 12.3. The van der Waals surface area contributed by atoms with E-state index in [0.717, 1.165) is 25.7 Å². The van der Waals surface area contributed by atoms with Gasteiger partial charge in [0.1, 0.15) is 6.10 Å². The third-order valence-electron chi connectivity index (χ3n) is 2.85. The summed E-state index contributed by atoms with van der Waals surface area (Å²) in [5.41, 5.74) is 0. The molecular formula is C10H15F3O2. The molecule has 15 heavy (non-hydrogen) atoms. The zero-order valence-electron chi connectivity index (χ0n) is 8.64. The predicted molar refractivity (Wildman–Crippen MR) is 48.2 cm³/mol. The lowest BCUT2D eigenvalue weighted by atomic mass is 9.85. The molecule has 1 aliphatic carbocycles. The van der Waals surface area contributed by atoms with Gasteiger partial charge < -0.3 is 4.74 Å². The second kappa shape index (κ2) is 4.86. The molecule has 2 nitrogen and oxygen atoms in total. The van der Waals surface area contributed by atoms with Crippen LogP contribution < -0.4 is 0 Å². The van der Waals surface area contributed by atoms with Gasteiger partial charge in [0.05, 0.1) is 0 Å². The number of rotatable bonds is 2. The second-order valence-electron chi connectivity index (χ2n) is 3.89. The summed E-state index contributed by atoms with van der Waals surface area (Å²) in [6, 6.07) is 0. The van der Waals surface area contributed by atoms with Crippen molar-refractivity contribution in [3.63, 3.8) is 0 Å². The lowest BCUT2D eigenvalue weighted by molar-refractivity contribution is -0.208. The van der Waals surface area contributed by atoms with Crippen molar-refractivity contribution in [2.45, 2.75) is 51.3 Å². The fraction of sp³-hybridized carbons (Fsp3) is 0.900. The van der Waals surface area contributed by atoms with E-state index in [1.54, 1.807) is 0 Å². The zero-order valence-corrected chi connectivity index (χ0v) is 8.64. The van der Waals surface area contributed by atoms with Crippen molar-refractivity contribution in [3.8, 4) is 0 Å². The predicted octanol–water partition coefficient (Wildman–Crippen LogP) is 3.06. The van der Waals surface area contributed by atoms with Crippen LogP contribution in [0.2, 0.25) is 0 Å². The van der Waals surface area contributed by atoms with Crippen LogP contribution in [-0.4, -0.2) is 18.2 Å². The van der Waals surface area contributed by atoms with Crippen LogP contribution in [0.1, 0.15) is 39.0 Å². The Kier molecular flexibility index (Phi) is 3.99. The fourth-order valence-electron chi connectivity index (χ4n) is 2.00. The molecule has 1 saturated carbocycles. The maximum atomic E-state index is 12.0. The average Bonchev–Trinajstić information content (AvgIpc) is 2.17. The molecule has 0 amide bonds. The third kappa shape index (κ3) is 3.39. The number of carbonyl (C=O) groups excluding carboxylic acids is 1. The number of hydrogen-bond donors (Lipinski definition) is 0. The van der Waals surface area contributed by atoms with E-state index in [4.69, 9.17) is 0 Å². The van der Waals surface area contributed by atoms with Gasteiger partial charge in [0, 0.05) is 0 Å². The number of halogens is 3. The standard InChI is InChI=1S/C10H15F3O2/c1-2-7-5-3-4-6-8(7)15-9(14)10(11,12)13/h7-8H,2-6H2,1H3. The Bertz CT molecular complexity index is 225. The number of esters is 1. The summed E-state index contributed by atoms with van der Waals surface area (Å²) in [5, 5.41) is 0. The third-order valence-corrected chi connectivity index (χ3v) is 2.85. The molecule has 5 heteroatoms. The van der Waals surface area contributed by atoms with Crippen molar-refractivity contribution < 1.29 is 22.7 Å². The van der Waals surface area contributed by atoms with Gasteiger partial charge in [0.15, 0.2) is 0 Å². The Morgan fingerprint density at radius 1 is 1.33 bits per heavy atom. The van der Waals surface area contributed by atoms with Crippen LogP contribution in [0.25, 0.3) is 0 Å². The summed E-state index contributed by atoms with van der Waals surface area (Å²) in [6.45, 7) is 1.91. The monoisotopic (exact) mass is 224 g/mol. The first-order valence-electron chi connectivity index (χ1n) is 5.23. The van der Waals surface area contributed by atoms with Gasteiger partial charge in [-0.2, -0.15) is 13.2 Å². The molecule has 0 spiro atoms. The van der Waals surface area contributed by atoms with Crippen molar-refractivity contribution in [2.75, 3.05) is 0 Å². The lowest BCUT2D eigenvalue weighted by Gasteiger charge is -2.30. The van der Waals surface area contributed by atoms with Crippen LogP contribution >= 0.6 is 0 Å². The largest absolute Gasteiger partial charge is 0.490 e. The first-order valence-corrected chi connectivity index (χ1v) is 5.23. The summed E-state index contributed by atoms with van der Waals surface area (Å²) < 4.78 is 40.4. The van der Waals surface area contributed by atoms with E-state index in [2.05, 4.69) is 4.74 Å². The summed E-state index contributed by atoms with van der Waals surface area (Å²) in [6.07, 6.45) is -1.39. The van der Waals surface area contributed by atoms with Gasteiger partial charge in [0.2, 0.25) is 0 Å². The zero-order chi connectivity index (χ0) is 11.5. The summed E-state index contributed by atoms with van der Waals surface area (Å²) in [7, 11) is 0. The van der Waals surface area contributed by atoms with Crippen molar-refractivity contribution in [2.24, 2.45) is 5.92 Å². The molecule has 1 fully saturated rings. The van der Waals surface area contributed by atoms with E-state index in [1.807, 2.05) is 6.92 Å². The highest BCUT2D eigenvalue weighted by Crippen LogP contribution is 2.30. The van der Waals surface area contributed by atoms with Crippen LogP contribution in [0, 0.1) is 5.92 Å². The number of ether oxygens (including phenoxy) is 1.